The molecule has 6 nitrogen and oxygen atoms in total. The van der Waals surface area contributed by atoms with Crippen molar-refractivity contribution in [1.82, 2.24) is 14.7 Å². The second-order valence-corrected chi connectivity index (χ2v) is 6.00. The van der Waals surface area contributed by atoms with E-state index in [4.69, 9.17) is 0 Å². The highest BCUT2D eigenvalue weighted by molar-refractivity contribution is 6.04. The second kappa shape index (κ2) is 6.91. The molecule has 0 radical (unpaired) electrons. The molecule has 0 spiro atoms. The van der Waals surface area contributed by atoms with Gasteiger partial charge in [0.15, 0.2) is 0 Å². The first-order chi connectivity index (χ1) is 10.0. The van der Waals surface area contributed by atoms with Crippen molar-refractivity contribution in [2.75, 3.05) is 26.7 Å². The molecule has 1 aliphatic carbocycles. The molecule has 2 fully saturated rings. The smallest absolute Gasteiger partial charge is 0.327 e. The Morgan fingerprint density at radius 3 is 2.48 bits per heavy atom. The summed E-state index contributed by atoms with van der Waals surface area (Å²) in [6.45, 7) is 2.79. The standard InChI is InChI=1S/C15H25N3O3/c1-3-4-9-17(12-7-5-6-8-12)14(20)11-18-13(19)10-16(2)15(18)21/h12H,3-11H2,1-2H3. The number of amides is 4. The Labute approximate surface area is 126 Å². The molecule has 1 heterocycles. The highest BCUT2D eigenvalue weighted by Crippen LogP contribution is 2.24. The summed E-state index contributed by atoms with van der Waals surface area (Å²) in [5, 5.41) is 0. The maximum atomic E-state index is 12.6. The number of unbranched alkanes of at least 4 members (excludes halogenated alkanes) is 1. The predicted molar refractivity (Wildman–Crippen MR) is 78.6 cm³/mol. The lowest BCUT2D eigenvalue weighted by Gasteiger charge is -2.30. The van der Waals surface area contributed by atoms with Crippen molar-refractivity contribution in [1.29, 1.82) is 0 Å². The number of urea groups is 1. The van der Waals surface area contributed by atoms with E-state index in [9.17, 15) is 14.4 Å². The minimum absolute atomic E-state index is 0.0739. The van der Waals surface area contributed by atoms with E-state index in [1.165, 1.54) is 4.90 Å². The van der Waals surface area contributed by atoms with E-state index < -0.39 is 0 Å². The number of carbonyl (C=O) groups is 3. The van der Waals surface area contributed by atoms with Gasteiger partial charge in [-0.15, -0.1) is 0 Å². The number of rotatable bonds is 6. The van der Waals surface area contributed by atoms with Crippen LogP contribution in [-0.4, -0.2) is 65.3 Å². The fourth-order valence-corrected chi connectivity index (χ4v) is 3.11. The zero-order valence-corrected chi connectivity index (χ0v) is 13.0. The topological polar surface area (TPSA) is 60.9 Å². The van der Waals surface area contributed by atoms with Crippen LogP contribution in [0.25, 0.3) is 0 Å². The highest BCUT2D eigenvalue weighted by atomic mass is 16.2. The van der Waals surface area contributed by atoms with Gasteiger partial charge in [-0.3, -0.25) is 14.5 Å². The Balaban J connectivity index is 2.00. The molecule has 1 aliphatic heterocycles. The van der Waals surface area contributed by atoms with Crippen molar-refractivity contribution in [2.45, 2.75) is 51.5 Å². The molecular weight excluding hydrogens is 270 g/mol. The molecule has 2 aliphatic rings. The number of nitrogens with zero attached hydrogens (tertiary/aromatic N) is 3. The van der Waals surface area contributed by atoms with Crippen LogP contribution in [0.2, 0.25) is 0 Å². The molecule has 21 heavy (non-hydrogen) atoms. The summed E-state index contributed by atoms with van der Waals surface area (Å²) in [5.74, 6) is -0.370. The lowest BCUT2D eigenvalue weighted by Crippen LogP contribution is -2.47. The van der Waals surface area contributed by atoms with Crippen LogP contribution in [-0.2, 0) is 9.59 Å². The number of hydrogen-bond acceptors (Lipinski definition) is 3. The Hall–Kier alpha value is -1.59. The van der Waals surface area contributed by atoms with E-state index in [1.807, 2.05) is 4.90 Å². The van der Waals surface area contributed by atoms with E-state index >= 15 is 0 Å². The first-order valence-corrected chi connectivity index (χ1v) is 7.89. The maximum Gasteiger partial charge on any atom is 0.327 e. The molecule has 0 N–H and O–H groups in total. The first kappa shape index (κ1) is 15.8. The lowest BCUT2D eigenvalue weighted by atomic mass is 10.2. The third-order valence-corrected chi connectivity index (χ3v) is 4.36. The third kappa shape index (κ3) is 3.54. The fraction of sp³-hybridized carbons (Fsp3) is 0.800. The number of imide groups is 1. The first-order valence-electron chi connectivity index (χ1n) is 7.89. The molecule has 0 aromatic rings. The minimum atomic E-state index is -0.366. The van der Waals surface area contributed by atoms with Gasteiger partial charge in [-0.05, 0) is 19.3 Å². The van der Waals surface area contributed by atoms with Crippen molar-refractivity contribution < 1.29 is 14.4 Å². The molecule has 118 valence electrons. The summed E-state index contributed by atoms with van der Waals surface area (Å²) >= 11 is 0. The molecular formula is C15H25N3O3. The summed E-state index contributed by atoms with van der Waals surface area (Å²) in [4.78, 5) is 40.5. The molecule has 0 aromatic carbocycles. The number of likely N-dealkylation sites (N-methyl/N-ethyl adjacent to an activating group) is 1. The second-order valence-electron chi connectivity index (χ2n) is 6.00. The van der Waals surface area contributed by atoms with Gasteiger partial charge >= 0.3 is 6.03 Å². The Morgan fingerprint density at radius 1 is 1.29 bits per heavy atom. The average Bonchev–Trinajstić information content (AvgIpc) is 3.04. The molecule has 1 saturated carbocycles. The third-order valence-electron chi connectivity index (χ3n) is 4.36. The van der Waals surface area contributed by atoms with Crippen molar-refractivity contribution >= 4 is 17.8 Å². The Kier molecular flexibility index (Phi) is 5.20. The van der Waals surface area contributed by atoms with Gasteiger partial charge in [0, 0.05) is 19.6 Å². The van der Waals surface area contributed by atoms with Crippen LogP contribution in [0.5, 0.6) is 0 Å². The van der Waals surface area contributed by atoms with Crippen molar-refractivity contribution in [2.24, 2.45) is 0 Å². The predicted octanol–water partition coefficient (Wildman–Crippen LogP) is 1.45. The van der Waals surface area contributed by atoms with E-state index in [0.717, 1.165) is 50.0 Å². The summed E-state index contributed by atoms with van der Waals surface area (Å²) in [7, 11) is 1.58. The van der Waals surface area contributed by atoms with Crippen molar-refractivity contribution in [3.8, 4) is 0 Å². The van der Waals surface area contributed by atoms with Gasteiger partial charge in [-0.1, -0.05) is 26.2 Å². The molecule has 6 heteroatoms. The SMILES string of the molecule is CCCCN(C(=O)CN1C(=O)CN(C)C1=O)C1CCCC1. The van der Waals surface area contributed by atoms with Crippen LogP contribution < -0.4 is 0 Å². The van der Waals surface area contributed by atoms with Gasteiger partial charge in [0.1, 0.15) is 13.1 Å². The monoisotopic (exact) mass is 295 g/mol. The van der Waals surface area contributed by atoms with Gasteiger partial charge in [0.2, 0.25) is 5.91 Å². The normalized spacial score (nSPS) is 19.7. The minimum Gasteiger partial charge on any atom is -0.338 e. The van der Waals surface area contributed by atoms with Crippen molar-refractivity contribution in [3.63, 3.8) is 0 Å². The zero-order valence-electron chi connectivity index (χ0n) is 13.0. The van der Waals surface area contributed by atoms with Crippen LogP contribution in [0.3, 0.4) is 0 Å². The van der Waals surface area contributed by atoms with Gasteiger partial charge < -0.3 is 9.80 Å². The lowest BCUT2D eigenvalue weighted by molar-refractivity contribution is -0.138. The average molecular weight is 295 g/mol. The molecule has 0 atom stereocenters. The van der Waals surface area contributed by atoms with Crippen LogP contribution >= 0.6 is 0 Å². The number of carbonyl (C=O) groups excluding carboxylic acids is 3. The van der Waals surface area contributed by atoms with Gasteiger partial charge in [0.25, 0.3) is 5.91 Å². The van der Waals surface area contributed by atoms with Crippen LogP contribution in [0.4, 0.5) is 4.79 Å². The van der Waals surface area contributed by atoms with Crippen molar-refractivity contribution in [3.05, 3.63) is 0 Å². The maximum absolute atomic E-state index is 12.6. The number of hydrogen-bond donors (Lipinski definition) is 0. The highest BCUT2D eigenvalue weighted by Gasteiger charge is 2.36. The summed E-state index contributed by atoms with van der Waals surface area (Å²) in [6.07, 6.45) is 6.38. The summed E-state index contributed by atoms with van der Waals surface area (Å²) in [5.41, 5.74) is 0. The van der Waals surface area contributed by atoms with E-state index in [2.05, 4.69) is 6.92 Å². The molecule has 0 aromatic heterocycles. The fourth-order valence-electron chi connectivity index (χ4n) is 3.11. The van der Waals surface area contributed by atoms with Crippen LogP contribution in [0, 0.1) is 0 Å². The van der Waals surface area contributed by atoms with E-state index in [0.29, 0.717) is 0 Å². The Bertz CT molecular complexity index is 418. The molecule has 0 unspecified atom stereocenters. The summed E-state index contributed by atoms with van der Waals surface area (Å²) in [6, 6.07) is -0.0789. The van der Waals surface area contributed by atoms with Gasteiger partial charge in [-0.25, -0.2) is 4.79 Å². The van der Waals surface area contributed by atoms with Gasteiger partial charge in [0.05, 0.1) is 0 Å². The van der Waals surface area contributed by atoms with E-state index in [-0.39, 0.29) is 37.0 Å². The largest absolute Gasteiger partial charge is 0.338 e. The zero-order chi connectivity index (χ0) is 15.4. The molecule has 2 rings (SSSR count). The molecule has 1 saturated heterocycles. The summed E-state index contributed by atoms with van der Waals surface area (Å²) < 4.78 is 0. The molecule has 0 bridgehead atoms. The van der Waals surface area contributed by atoms with E-state index in [1.54, 1.807) is 7.05 Å². The van der Waals surface area contributed by atoms with Crippen LogP contribution in [0.15, 0.2) is 0 Å². The van der Waals surface area contributed by atoms with Gasteiger partial charge in [-0.2, -0.15) is 0 Å². The quantitative estimate of drug-likeness (QED) is 0.697. The Morgan fingerprint density at radius 2 is 1.95 bits per heavy atom. The van der Waals surface area contributed by atoms with Crippen LogP contribution in [0.1, 0.15) is 45.4 Å². The molecule has 4 amide bonds.